The number of fused-ring (bicyclic) bond motifs is 1. The Bertz CT molecular complexity index is 782. The fraction of sp³-hybridized carbons (Fsp3) is 0.188. The van der Waals surface area contributed by atoms with E-state index in [2.05, 4.69) is 37.7 Å². The third-order valence-electron chi connectivity index (χ3n) is 3.47. The molecule has 0 atom stereocenters. The lowest BCUT2D eigenvalue weighted by Gasteiger charge is -2.06. The molecule has 5 heteroatoms. The molecule has 2 heterocycles. The second-order valence-corrected chi connectivity index (χ2v) is 5.80. The molecule has 2 N–H and O–H groups in total. The fourth-order valence-corrected chi connectivity index (χ4v) is 2.93. The van der Waals surface area contributed by atoms with Crippen molar-refractivity contribution in [3.63, 3.8) is 0 Å². The summed E-state index contributed by atoms with van der Waals surface area (Å²) in [4.78, 5) is 4.46. The number of aromatic nitrogens is 2. The zero-order valence-corrected chi connectivity index (χ0v) is 13.0. The molecule has 0 bridgehead atoms. The van der Waals surface area contributed by atoms with Crippen molar-refractivity contribution in [2.24, 2.45) is 5.73 Å². The number of rotatable bonds is 4. The van der Waals surface area contributed by atoms with Gasteiger partial charge in [-0.05, 0) is 64.3 Å². The smallest absolute Gasteiger partial charge is 0.140 e. The number of pyridine rings is 1. The number of hydrogen-bond acceptors (Lipinski definition) is 2. The van der Waals surface area contributed by atoms with Gasteiger partial charge in [0, 0.05) is 24.3 Å². The number of hydrogen-bond donors (Lipinski definition) is 1. The molecule has 0 aliphatic heterocycles. The van der Waals surface area contributed by atoms with E-state index in [-0.39, 0.29) is 5.82 Å². The Morgan fingerprint density at radius 2 is 2.14 bits per heavy atom. The van der Waals surface area contributed by atoms with Gasteiger partial charge in [-0.2, -0.15) is 0 Å². The van der Waals surface area contributed by atoms with Gasteiger partial charge in [-0.25, -0.2) is 9.37 Å². The fourth-order valence-electron chi connectivity index (χ4n) is 2.51. The van der Waals surface area contributed by atoms with Crippen LogP contribution in [0.1, 0.15) is 11.1 Å². The monoisotopic (exact) mass is 347 g/mol. The van der Waals surface area contributed by atoms with Crippen molar-refractivity contribution in [1.29, 1.82) is 0 Å². The summed E-state index contributed by atoms with van der Waals surface area (Å²) < 4.78 is 15.9. The molecule has 3 rings (SSSR count). The lowest BCUT2D eigenvalue weighted by atomic mass is 10.2. The topological polar surface area (TPSA) is 43.8 Å². The van der Waals surface area contributed by atoms with E-state index in [1.807, 2.05) is 6.07 Å². The van der Waals surface area contributed by atoms with Crippen LogP contribution in [0.2, 0.25) is 0 Å². The molecule has 1 aromatic carbocycles. The van der Waals surface area contributed by atoms with E-state index in [4.69, 9.17) is 5.73 Å². The summed E-state index contributed by atoms with van der Waals surface area (Å²) in [6.45, 7) is 1.26. The lowest BCUT2D eigenvalue weighted by Crippen LogP contribution is -2.02. The maximum Gasteiger partial charge on any atom is 0.140 e. The molecule has 3 aromatic rings. The summed E-state index contributed by atoms with van der Waals surface area (Å²) in [5.74, 6) is -0.252. The first kappa shape index (κ1) is 14.2. The molecule has 0 aliphatic carbocycles. The third kappa shape index (κ3) is 2.84. The minimum Gasteiger partial charge on any atom is -0.330 e. The van der Waals surface area contributed by atoms with Crippen molar-refractivity contribution in [2.75, 3.05) is 6.54 Å². The van der Waals surface area contributed by atoms with Crippen LogP contribution in [0.25, 0.3) is 11.0 Å². The second kappa shape index (κ2) is 5.95. The molecule has 0 amide bonds. The highest BCUT2D eigenvalue weighted by molar-refractivity contribution is 9.10. The predicted molar refractivity (Wildman–Crippen MR) is 85.7 cm³/mol. The van der Waals surface area contributed by atoms with E-state index in [0.717, 1.165) is 23.0 Å². The highest BCUT2D eigenvalue weighted by atomic mass is 79.9. The van der Waals surface area contributed by atoms with Crippen molar-refractivity contribution in [3.8, 4) is 0 Å². The van der Waals surface area contributed by atoms with Crippen molar-refractivity contribution >= 4 is 27.0 Å². The van der Waals surface area contributed by atoms with Gasteiger partial charge in [0.1, 0.15) is 11.5 Å². The van der Waals surface area contributed by atoms with Crippen molar-refractivity contribution in [2.45, 2.75) is 13.0 Å². The maximum absolute atomic E-state index is 13.3. The number of benzene rings is 1. The van der Waals surface area contributed by atoms with Gasteiger partial charge in [-0.15, -0.1) is 0 Å². The van der Waals surface area contributed by atoms with Gasteiger partial charge in [0.05, 0.1) is 4.47 Å². The van der Waals surface area contributed by atoms with Crippen LogP contribution in [0.3, 0.4) is 0 Å². The van der Waals surface area contributed by atoms with E-state index in [1.165, 1.54) is 11.6 Å². The zero-order valence-electron chi connectivity index (χ0n) is 11.4. The number of nitrogens with two attached hydrogens (primary N) is 1. The Morgan fingerprint density at radius 3 is 2.90 bits per heavy atom. The van der Waals surface area contributed by atoms with Gasteiger partial charge < -0.3 is 10.3 Å². The lowest BCUT2D eigenvalue weighted by molar-refractivity contribution is 0.619. The summed E-state index contributed by atoms with van der Waals surface area (Å²) in [5.41, 5.74) is 8.82. The minimum atomic E-state index is -0.252. The summed E-state index contributed by atoms with van der Waals surface area (Å²) in [6.07, 6.45) is 4.69. The molecule has 0 unspecified atom stereocenters. The molecule has 108 valence electrons. The van der Waals surface area contributed by atoms with E-state index >= 15 is 0 Å². The highest BCUT2D eigenvalue weighted by Gasteiger charge is 2.09. The molecule has 0 saturated carbocycles. The number of halogens is 2. The van der Waals surface area contributed by atoms with Crippen LogP contribution in [-0.2, 0) is 13.0 Å². The van der Waals surface area contributed by atoms with Crippen LogP contribution in [-0.4, -0.2) is 16.1 Å². The SMILES string of the molecule is NCCc1cn(Cc2ccc(F)c(Br)c2)c2ncccc12. The summed E-state index contributed by atoms with van der Waals surface area (Å²) >= 11 is 3.22. The number of nitrogens with zero attached hydrogens (tertiary/aromatic N) is 2. The normalized spacial score (nSPS) is 11.2. The highest BCUT2D eigenvalue weighted by Crippen LogP contribution is 2.22. The van der Waals surface area contributed by atoms with Gasteiger partial charge in [0.2, 0.25) is 0 Å². The van der Waals surface area contributed by atoms with Crippen LogP contribution in [0.4, 0.5) is 4.39 Å². The van der Waals surface area contributed by atoms with Crippen LogP contribution < -0.4 is 5.73 Å². The van der Waals surface area contributed by atoms with Crippen LogP contribution in [0, 0.1) is 5.82 Å². The van der Waals surface area contributed by atoms with Crippen LogP contribution in [0.5, 0.6) is 0 Å². The van der Waals surface area contributed by atoms with Gasteiger partial charge in [0.15, 0.2) is 0 Å². The molecule has 0 fully saturated rings. The molecule has 2 aromatic heterocycles. The Morgan fingerprint density at radius 1 is 1.29 bits per heavy atom. The van der Waals surface area contributed by atoms with Crippen LogP contribution in [0.15, 0.2) is 47.2 Å². The summed E-state index contributed by atoms with van der Waals surface area (Å²) in [5, 5.41) is 1.13. The second-order valence-electron chi connectivity index (χ2n) is 4.94. The van der Waals surface area contributed by atoms with E-state index < -0.39 is 0 Å². The molecule has 0 spiro atoms. The standard InChI is InChI=1S/C16H15BrFN3/c17-14-8-11(3-4-15(14)18)9-21-10-12(5-6-19)13-2-1-7-20-16(13)21/h1-4,7-8,10H,5-6,9,19H2. The average Bonchev–Trinajstić information content (AvgIpc) is 2.82. The molecule has 0 aliphatic rings. The molecule has 21 heavy (non-hydrogen) atoms. The quantitative estimate of drug-likeness (QED) is 0.784. The van der Waals surface area contributed by atoms with E-state index in [0.29, 0.717) is 17.6 Å². The van der Waals surface area contributed by atoms with Gasteiger partial charge in [0.25, 0.3) is 0 Å². The average molecular weight is 348 g/mol. The zero-order chi connectivity index (χ0) is 14.8. The first-order valence-electron chi connectivity index (χ1n) is 6.76. The van der Waals surface area contributed by atoms with E-state index in [9.17, 15) is 4.39 Å². The van der Waals surface area contributed by atoms with E-state index in [1.54, 1.807) is 18.3 Å². The maximum atomic E-state index is 13.3. The molecular formula is C16H15BrFN3. The van der Waals surface area contributed by atoms with Gasteiger partial charge in [-0.3, -0.25) is 0 Å². The van der Waals surface area contributed by atoms with Gasteiger partial charge in [-0.1, -0.05) is 6.07 Å². The Labute approximate surface area is 130 Å². The first-order chi connectivity index (χ1) is 10.2. The molecule has 0 radical (unpaired) electrons. The molecule has 3 nitrogen and oxygen atoms in total. The van der Waals surface area contributed by atoms with Crippen molar-refractivity contribution < 1.29 is 4.39 Å². The Balaban J connectivity index is 2.01. The molecule has 0 saturated heterocycles. The third-order valence-corrected chi connectivity index (χ3v) is 4.07. The Hall–Kier alpha value is -1.72. The minimum absolute atomic E-state index is 0.252. The predicted octanol–water partition coefficient (Wildman–Crippen LogP) is 3.49. The largest absolute Gasteiger partial charge is 0.330 e. The molecular weight excluding hydrogens is 333 g/mol. The Kier molecular flexibility index (Phi) is 4.03. The van der Waals surface area contributed by atoms with Crippen LogP contribution >= 0.6 is 15.9 Å². The van der Waals surface area contributed by atoms with Gasteiger partial charge >= 0.3 is 0 Å². The van der Waals surface area contributed by atoms with Crippen molar-refractivity contribution in [1.82, 2.24) is 9.55 Å². The summed E-state index contributed by atoms with van der Waals surface area (Å²) in [6, 6.07) is 9.05. The summed E-state index contributed by atoms with van der Waals surface area (Å²) in [7, 11) is 0. The van der Waals surface area contributed by atoms with Crippen molar-refractivity contribution in [3.05, 3.63) is 64.1 Å². The first-order valence-corrected chi connectivity index (χ1v) is 7.55.